The fraction of sp³-hybridized carbons (Fsp3) is 0.240. The Morgan fingerprint density at radius 2 is 1.76 bits per heavy atom. The molecule has 1 atom stereocenters. The molecule has 3 heterocycles. The average molecular weight is 458 g/mol. The fourth-order valence-electron chi connectivity index (χ4n) is 3.34. The number of hydrogen-bond acceptors (Lipinski definition) is 9. The molecule has 0 radical (unpaired) electrons. The molecule has 34 heavy (non-hydrogen) atoms. The zero-order valence-corrected chi connectivity index (χ0v) is 19.0. The van der Waals surface area contributed by atoms with Crippen LogP contribution in [-0.2, 0) is 0 Å². The van der Waals surface area contributed by atoms with Gasteiger partial charge in [-0.05, 0) is 37.1 Å². The SMILES string of the molecule is C#CN1CCCC(Oc2ccnc(N)c2)C1.CN(C#N)c1ccccc1Oc1ccnc(N)c1. The molecule has 1 aliphatic heterocycles. The Labute approximate surface area is 199 Å². The van der Waals surface area contributed by atoms with E-state index in [0.29, 0.717) is 28.8 Å². The smallest absolute Gasteiger partial charge is 0.184 e. The standard InChI is InChI=1S/C13H12N4O.C12H15N3O/c1-17(9-14)11-4-2-3-5-12(11)18-10-6-7-16-13(15)8-10;1-2-15-7-3-4-11(9-15)16-10-5-6-14-12(13)8-10/h2-8H,1H3,(H2,15,16);1,5-6,8,11H,3-4,7,9H2,(H2,13,14). The molecule has 2 aromatic heterocycles. The van der Waals surface area contributed by atoms with Gasteiger partial charge in [0.15, 0.2) is 11.9 Å². The maximum absolute atomic E-state index is 8.91. The highest BCUT2D eigenvalue weighted by atomic mass is 16.5. The quantitative estimate of drug-likeness (QED) is 0.336. The number of anilines is 3. The van der Waals surface area contributed by atoms with Crippen molar-refractivity contribution in [1.82, 2.24) is 14.9 Å². The first kappa shape index (κ1) is 24.0. The minimum absolute atomic E-state index is 0.145. The summed E-state index contributed by atoms with van der Waals surface area (Å²) in [5.74, 6) is 2.80. The summed E-state index contributed by atoms with van der Waals surface area (Å²) in [6.07, 6.45) is 12.9. The lowest BCUT2D eigenvalue weighted by Gasteiger charge is -2.30. The van der Waals surface area contributed by atoms with E-state index in [-0.39, 0.29) is 6.10 Å². The van der Waals surface area contributed by atoms with Crippen LogP contribution in [0.15, 0.2) is 60.9 Å². The topological polar surface area (TPSA) is 127 Å². The highest BCUT2D eigenvalue weighted by molar-refractivity contribution is 5.61. The largest absolute Gasteiger partial charge is 0.488 e. The van der Waals surface area contributed by atoms with E-state index < -0.39 is 0 Å². The molecule has 0 amide bonds. The first-order chi connectivity index (χ1) is 16.5. The van der Waals surface area contributed by atoms with Crippen molar-refractivity contribution in [2.45, 2.75) is 18.9 Å². The van der Waals surface area contributed by atoms with E-state index in [1.165, 1.54) is 4.90 Å². The van der Waals surface area contributed by atoms with Gasteiger partial charge in [0.25, 0.3) is 0 Å². The molecule has 0 saturated carbocycles. The molecule has 9 heteroatoms. The Morgan fingerprint density at radius 3 is 2.44 bits per heavy atom. The van der Waals surface area contributed by atoms with Crippen LogP contribution in [0.4, 0.5) is 17.3 Å². The third-order valence-electron chi connectivity index (χ3n) is 4.97. The number of hydrogen-bond donors (Lipinski definition) is 2. The van der Waals surface area contributed by atoms with Gasteiger partial charge < -0.3 is 25.8 Å². The van der Waals surface area contributed by atoms with Crippen LogP contribution in [0.5, 0.6) is 17.2 Å². The van der Waals surface area contributed by atoms with Gasteiger partial charge in [-0.25, -0.2) is 9.97 Å². The van der Waals surface area contributed by atoms with E-state index in [0.717, 1.165) is 31.7 Å². The van der Waals surface area contributed by atoms with Crippen molar-refractivity contribution in [2.75, 3.05) is 36.5 Å². The van der Waals surface area contributed by atoms with E-state index >= 15 is 0 Å². The number of nitrogen functional groups attached to an aromatic ring is 2. The van der Waals surface area contributed by atoms with E-state index in [9.17, 15) is 0 Å². The van der Waals surface area contributed by atoms with Crippen molar-refractivity contribution < 1.29 is 9.47 Å². The Kier molecular flexibility index (Phi) is 8.36. The van der Waals surface area contributed by atoms with Gasteiger partial charge in [0, 0.05) is 44.2 Å². The van der Waals surface area contributed by atoms with Crippen molar-refractivity contribution >= 4 is 17.3 Å². The number of terminal acetylenes is 1. The predicted molar refractivity (Wildman–Crippen MR) is 132 cm³/mol. The molecule has 0 aliphatic carbocycles. The summed E-state index contributed by atoms with van der Waals surface area (Å²) < 4.78 is 11.5. The Bertz CT molecular complexity index is 1170. The van der Waals surface area contributed by atoms with Crippen LogP contribution >= 0.6 is 0 Å². The molecular formula is C25H27N7O2. The van der Waals surface area contributed by atoms with Crippen molar-refractivity contribution in [3.8, 4) is 35.9 Å². The molecule has 1 aromatic carbocycles. The summed E-state index contributed by atoms with van der Waals surface area (Å²) >= 11 is 0. The predicted octanol–water partition coefficient (Wildman–Crippen LogP) is 3.47. The maximum Gasteiger partial charge on any atom is 0.184 e. The number of nitrogens with zero attached hydrogens (tertiary/aromatic N) is 5. The zero-order valence-electron chi connectivity index (χ0n) is 19.0. The normalized spacial score (nSPS) is 14.6. The number of benzene rings is 1. The Balaban J connectivity index is 0.000000192. The van der Waals surface area contributed by atoms with Gasteiger partial charge in [-0.15, -0.1) is 0 Å². The second-order valence-electron chi connectivity index (χ2n) is 7.52. The molecule has 0 bridgehead atoms. The number of ether oxygens (including phenoxy) is 2. The van der Waals surface area contributed by atoms with Crippen molar-refractivity contribution in [2.24, 2.45) is 0 Å². The van der Waals surface area contributed by atoms with Crippen LogP contribution < -0.4 is 25.8 Å². The molecule has 174 valence electrons. The van der Waals surface area contributed by atoms with Gasteiger partial charge in [-0.3, -0.25) is 4.90 Å². The molecule has 4 rings (SSSR count). The highest BCUT2D eigenvalue weighted by Gasteiger charge is 2.19. The number of para-hydroxylation sites is 2. The first-order valence-corrected chi connectivity index (χ1v) is 10.7. The summed E-state index contributed by atoms with van der Waals surface area (Å²) in [7, 11) is 1.67. The third kappa shape index (κ3) is 6.94. The zero-order chi connectivity index (χ0) is 24.3. The number of nitrogens with two attached hydrogens (primary N) is 2. The number of pyridine rings is 2. The van der Waals surface area contributed by atoms with Crippen LogP contribution in [0, 0.1) is 23.9 Å². The van der Waals surface area contributed by atoms with E-state index in [2.05, 4.69) is 16.0 Å². The van der Waals surface area contributed by atoms with Gasteiger partial charge in [0.1, 0.15) is 29.2 Å². The molecule has 9 nitrogen and oxygen atoms in total. The summed E-state index contributed by atoms with van der Waals surface area (Å²) in [5.41, 5.74) is 11.9. The lowest BCUT2D eigenvalue weighted by atomic mass is 10.1. The summed E-state index contributed by atoms with van der Waals surface area (Å²) in [6, 6.07) is 16.8. The van der Waals surface area contributed by atoms with Crippen molar-refractivity contribution in [3.63, 3.8) is 0 Å². The van der Waals surface area contributed by atoms with Crippen LogP contribution in [-0.4, -0.2) is 41.1 Å². The van der Waals surface area contributed by atoms with Gasteiger partial charge >= 0.3 is 0 Å². The summed E-state index contributed by atoms with van der Waals surface area (Å²) in [6.45, 7) is 1.73. The molecule has 4 N–H and O–H groups in total. The van der Waals surface area contributed by atoms with Gasteiger partial charge in [0.05, 0.1) is 12.2 Å². The van der Waals surface area contributed by atoms with E-state index in [1.54, 1.807) is 43.7 Å². The highest BCUT2D eigenvalue weighted by Crippen LogP contribution is 2.31. The van der Waals surface area contributed by atoms with E-state index in [4.69, 9.17) is 32.6 Å². The number of rotatable bonds is 5. The molecule has 0 spiro atoms. The minimum atomic E-state index is 0.145. The van der Waals surface area contributed by atoms with Crippen molar-refractivity contribution in [1.29, 1.82) is 5.26 Å². The second kappa shape index (κ2) is 11.8. The van der Waals surface area contributed by atoms with Crippen molar-refractivity contribution in [3.05, 3.63) is 60.9 Å². The number of likely N-dealkylation sites (tertiary alicyclic amines) is 1. The number of aromatic nitrogens is 2. The monoisotopic (exact) mass is 457 g/mol. The third-order valence-corrected chi connectivity index (χ3v) is 4.97. The summed E-state index contributed by atoms with van der Waals surface area (Å²) in [5, 5.41) is 8.91. The van der Waals surface area contributed by atoms with Crippen LogP contribution in [0.1, 0.15) is 12.8 Å². The average Bonchev–Trinajstić information content (AvgIpc) is 2.84. The fourth-order valence-corrected chi connectivity index (χ4v) is 3.34. The lowest BCUT2D eigenvalue weighted by molar-refractivity contribution is 0.120. The molecular weight excluding hydrogens is 430 g/mol. The molecule has 1 saturated heterocycles. The number of nitriles is 1. The first-order valence-electron chi connectivity index (χ1n) is 10.7. The van der Waals surface area contributed by atoms with Crippen LogP contribution in [0.25, 0.3) is 0 Å². The maximum atomic E-state index is 8.91. The van der Waals surface area contributed by atoms with Gasteiger partial charge in [-0.2, -0.15) is 5.26 Å². The van der Waals surface area contributed by atoms with E-state index in [1.807, 2.05) is 35.4 Å². The molecule has 3 aromatic rings. The second-order valence-corrected chi connectivity index (χ2v) is 7.52. The van der Waals surface area contributed by atoms with Crippen LogP contribution in [0.3, 0.4) is 0 Å². The number of piperidine rings is 1. The Hall–Kier alpha value is -4.63. The molecule has 1 aliphatic rings. The minimum Gasteiger partial charge on any atom is -0.488 e. The van der Waals surface area contributed by atoms with Gasteiger partial charge in [-0.1, -0.05) is 18.6 Å². The molecule has 1 unspecified atom stereocenters. The molecule has 1 fully saturated rings. The van der Waals surface area contributed by atoms with Crippen LogP contribution in [0.2, 0.25) is 0 Å². The lowest BCUT2D eigenvalue weighted by Crippen LogP contribution is -2.38. The Morgan fingerprint density at radius 1 is 1.09 bits per heavy atom. The van der Waals surface area contributed by atoms with Gasteiger partial charge in [0.2, 0.25) is 0 Å². The summed E-state index contributed by atoms with van der Waals surface area (Å²) in [4.78, 5) is 11.2.